The molecule has 0 aliphatic rings. The molecule has 0 bridgehead atoms. The molecule has 3 heterocycles. The molecule has 3 aromatic rings. The fraction of sp³-hybridized carbons (Fsp3) is 0.0909. The van der Waals surface area contributed by atoms with Crippen LogP contribution >= 0.6 is 0 Å². The largest absolute Gasteiger partial charge is 0.438 e. The molecule has 3 rings (SSSR count). The van der Waals surface area contributed by atoms with Gasteiger partial charge < -0.3 is 4.42 Å². The lowest BCUT2D eigenvalue weighted by atomic mass is 10.2. The average Bonchev–Trinajstić information content (AvgIpc) is 2.56. The summed E-state index contributed by atoms with van der Waals surface area (Å²) in [5, 5.41) is 2.06. The summed E-state index contributed by atoms with van der Waals surface area (Å²) >= 11 is 0. The van der Waals surface area contributed by atoms with E-state index in [2.05, 4.69) is 16.0 Å². The molecule has 3 heteroatoms. The monoisotopic (exact) mass is 184 g/mol. The molecule has 0 fully saturated rings. The molecule has 0 N–H and O–H groups in total. The predicted octanol–water partition coefficient (Wildman–Crippen LogP) is 2.68. The van der Waals surface area contributed by atoms with Gasteiger partial charge >= 0.3 is 0 Å². The van der Waals surface area contributed by atoms with Gasteiger partial charge in [-0.25, -0.2) is 4.98 Å². The minimum Gasteiger partial charge on any atom is -0.438 e. The van der Waals surface area contributed by atoms with E-state index in [0.29, 0.717) is 5.71 Å². The van der Waals surface area contributed by atoms with Crippen LogP contribution in [0, 0.1) is 6.92 Å². The van der Waals surface area contributed by atoms with Gasteiger partial charge in [0.1, 0.15) is 5.58 Å². The smallest absolute Gasteiger partial charge is 0.227 e. The SMILES string of the molecule is Cc1cnc2oc3ccncc3c2c1. The van der Waals surface area contributed by atoms with Gasteiger partial charge in [0, 0.05) is 29.4 Å². The molecule has 3 nitrogen and oxygen atoms in total. The number of furan rings is 1. The van der Waals surface area contributed by atoms with Crippen molar-refractivity contribution in [3.8, 4) is 0 Å². The zero-order chi connectivity index (χ0) is 9.54. The number of pyridine rings is 2. The van der Waals surface area contributed by atoms with Crippen molar-refractivity contribution in [2.45, 2.75) is 6.92 Å². The lowest BCUT2D eigenvalue weighted by Crippen LogP contribution is -1.76. The van der Waals surface area contributed by atoms with Crippen molar-refractivity contribution in [2.24, 2.45) is 0 Å². The van der Waals surface area contributed by atoms with Crippen LogP contribution in [0.15, 0.2) is 35.1 Å². The zero-order valence-electron chi connectivity index (χ0n) is 7.69. The van der Waals surface area contributed by atoms with Crippen molar-refractivity contribution < 1.29 is 4.42 Å². The Hall–Kier alpha value is -1.90. The van der Waals surface area contributed by atoms with Crippen LogP contribution in [-0.2, 0) is 0 Å². The average molecular weight is 184 g/mol. The number of nitrogens with zero attached hydrogens (tertiary/aromatic N) is 2. The Morgan fingerprint density at radius 2 is 2.14 bits per heavy atom. The highest BCUT2D eigenvalue weighted by Gasteiger charge is 2.06. The number of hydrogen-bond acceptors (Lipinski definition) is 3. The van der Waals surface area contributed by atoms with Crippen LogP contribution < -0.4 is 0 Å². The molecule has 14 heavy (non-hydrogen) atoms. The van der Waals surface area contributed by atoms with Crippen molar-refractivity contribution in [3.05, 3.63) is 36.3 Å². The second-order valence-corrected chi connectivity index (χ2v) is 3.34. The highest BCUT2D eigenvalue weighted by Crippen LogP contribution is 2.26. The third kappa shape index (κ3) is 0.923. The lowest BCUT2D eigenvalue weighted by Gasteiger charge is -1.89. The van der Waals surface area contributed by atoms with Crippen LogP contribution in [0.1, 0.15) is 5.56 Å². The van der Waals surface area contributed by atoms with Crippen LogP contribution in [0.4, 0.5) is 0 Å². The van der Waals surface area contributed by atoms with Gasteiger partial charge in [0.2, 0.25) is 5.71 Å². The molecule has 0 saturated heterocycles. The van der Waals surface area contributed by atoms with Crippen molar-refractivity contribution in [1.82, 2.24) is 9.97 Å². The molecule has 0 aliphatic heterocycles. The molecule has 0 saturated carbocycles. The first-order valence-electron chi connectivity index (χ1n) is 4.43. The second kappa shape index (κ2) is 2.54. The number of fused-ring (bicyclic) bond motifs is 3. The van der Waals surface area contributed by atoms with Crippen LogP contribution in [0.3, 0.4) is 0 Å². The fourth-order valence-corrected chi connectivity index (χ4v) is 1.61. The van der Waals surface area contributed by atoms with Crippen molar-refractivity contribution in [1.29, 1.82) is 0 Å². The Balaban J connectivity index is 2.58. The van der Waals surface area contributed by atoms with Crippen molar-refractivity contribution >= 4 is 22.1 Å². The Morgan fingerprint density at radius 1 is 1.21 bits per heavy atom. The Labute approximate surface area is 80.4 Å². The number of rotatable bonds is 0. The summed E-state index contributed by atoms with van der Waals surface area (Å²) in [6, 6.07) is 3.92. The van der Waals surface area contributed by atoms with Gasteiger partial charge in [0.05, 0.1) is 0 Å². The number of aromatic nitrogens is 2. The highest BCUT2D eigenvalue weighted by atomic mass is 16.3. The van der Waals surface area contributed by atoms with Gasteiger partial charge in [-0.2, -0.15) is 0 Å². The van der Waals surface area contributed by atoms with Crippen LogP contribution in [0.25, 0.3) is 22.1 Å². The van der Waals surface area contributed by atoms with Crippen molar-refractivity contribution in [3.63, 3.8) is 0 Å². The molecule has 3 aromatic heterocycles. The van der Waals surface area contributed by atoms with E-state index < -0.39 is 0 Å². The van der Waals surface area contributed by atoms with E-state index in [0.717, 1.165) is 21.9 Å². The predicted molar refractivity (Wildman–Crippen MR) is 54.0 cm³/mol. The van der Waals surface area contributed by atoms with E-state index in [1.807, 2.05) is 19.2 Å². The van der Waals surface area contributed by atoms with Gasteiger partial charge in [-0.1, -0.05) is 0 Å². The summed E-state index contributed by atoms with van der Waals surface area (Å²) in [5.41, 5.74) is 2.65. The van der Waals surface area contributed by atoms with E-state index in [9.17, 15) is 0 Å². The van der Waals surface area contributed by atoms with Crippen LogP contribution in [0.2, 0.25) is 0 Å². The zero-order valence-corrected chi connectivity index (χ0v) is 7.69. The first-order chi connectivity index (χ1) is 6.84. The Bertz CT molecular complexity index is 613. The molecule has 68 valence electrons. The Morgan fingerprint density at radius 3 is 3.07 bits per heavy atom. The molecule has 0 unspecified atom stereocenters. The number of hydrogen-bond donors (Lipinski definition) is 0. The van der Waals surface area contributed by atoms with Gasteiger partial charge in [0.15, 0.2) is 0 Å². The maximum atomic E-state index is 5.56. The lowest BCUT2D eigenvalue weighted by molar-refractivity contribution is 0.653. The first-order valence-corrected chi connectivity index (χ1v) is 4.43. The van der Waals surface area contributed by atoms with E-state index in [4.69, 9.17) is 4.42 Å². The molecule has 0 spiro atoms. The van der Waals surface area contributed by atoms with Crippen molar-refractivity contribution in [2.75, 3.05) is 0 Å². The van der Waals surface area contributed by atoms with Crippen LogP contribution in [0.5, 0.6) is 0 Å². The van der Waals surface area contributed by atoms with Gasteiger partial charge in [-0.05, 0) is 24.6 Å². The molecule has 0 aromatic carbocycles. The summed E-state index contributed by atoms with van der Waals surface area (Å²) in [5.74, 6) is 0. The minimum atomic E-state index is 0.679. The van der Waals surface area contributed by atoms with Gasteiger partial charge in [0.25, 0.3) is 0 Å². The van der Waals surface area contributed by atoms with E-state index in [-0.39, 0.29) is 0 Å². The normalized spacial score (nSPS) is 11.2. The van der Waals surface area contributed by atoms with E-state index >= 15 is 0 Å². The topological polar surface area (TPSA) is 38.9 Å². The standard InChI is InChI=1S/C11H8N2O/c1-7-4-8-9-6-12-3-2-10(9)14-11(8)13-5-7/h2-6H,1H3. The quantitative estimate of drug-likeness (QED) is 0.539. The van der Waals surface area contributed by atoms with Gasteiger partial charge in [-0.3, -0.25) is 4.98 Å². The molecule has 0 radical (unpaired) electrons. The third-order valence-corrected chi connectivity index (χ3v) is 2.27. The maximum Gasteiger partial charge on any atom is 0.227 e. The molecular formula is C11H8N2O. The minimum absolute atomic E-state index is 0.679. The molecule has 0 amide bonds. The maximum absolute atomic E-state index is 5.56. The molecular weight excluding hydrogens is 176 g/mol. The first kappa shape index (κ1) is 7.50. The Kier molecular flexibility index (Phi) is 1.36. The summed E-state index contributed by atoms with van der Waals surface area (Å²) in [7, 11) is 0. The third-order valence-electron chi connectivity index (χ3n) is 2.27. The summed E-state index contributed by atoms with van der Waals surface area (Å²) in [4.78, 5) is 8.30. The number of aryl methyl sites for hydroxylation is 1. The summed E-state index contributed by atoms with van der Waals surface area (Å²) in [6.07, 6.45) is 5.33. The van der Waals surface area contributed by atoms with Gasteiger partial charge in [-0.15, -0.1) is 0 Å². The summed E-state index contributed by atoms with van der Waals surface area (Å²) < 4.78 is 5.56. The second-order valence-electron chi connectivity index (χ2n) is 3.34. The van der Waals surface area contributed by atoms with E-state index in [1.165, 1.54) is 0 Å². The molecule has 0 aliphatic carbocycles. The van der Waals surface area contributed by atoms with Crippen LogP contribution in [-0.4, -0.2) is 9.97 Å². The highest BCUT2D eigenvalue weighted by molar-refractivity contribution is 6.02. The fourth-order valence-electron chi connectivity index (χ4n) is 1.61. The summed E-state index contributed by atoms with van der Waals surface area (Å²) in [6.45, 7) is 2.02. The molecule has 0 atom stereocenters. The van der Waals surface area contributed by atoms with E-state index in [1.54, 1.807) is 12.4 Å².